The molecule has 0 aromatic carbocycles. The summed E-state index contributed by atoms with van der Waals surface area (Å²) in [5.41, 5.74) is -1.02. The summed E-state index contributed by atoms with van der Waals surface area (Å²) in [6, 6.07) is 0. The van der Waals surface area contributed by atoms with E-state index in [0.717, 1.165) is 0 Å². The molecule has 0 atom stereocenters. The second-order valence-corrected chi connectivity index (χ2v) is 7.28. The van der Waals surface area contributed by atoms with Crippen LogP contribution in [0.1, 0.15) is 41.5 Å². The van der Waals surface area contributed by atoms with Gasteiger partial charge in [-0.1, -0.05) is 13.8 Å². The van der Waals surface area contributed by atoms with E-state index in [9.17, 15) is 8.42 Å². The van der Waals surface area contributed by atoms with Crippen molar-refractivity contribution in [3.63, 3.8) is 0 Å². The first kappa shape index (κ1) is 11.0. The lowest BCUT2D eigenvalue weighted by Crippen LogP contribution is -2.47. The van der Waals surface area contributed by atoms with E-state index in [-0.39, 0.29) is 0 Å². The fraction of sp³-hybridized carbons (Fsp3) is 1.00. The predicted molar refractivity (Wildman–Crippen MR) is 51.9 cm³/mol. The number of rotatable bonds is 0. The largest absolute Gasteiger partial charge is 0.273 e. The minimum atomic E-state index is -3.44. The van der Waals surface area contributed by atoms with E-state index in [0.29, 0.717) is 0 Å². The van der Waals surface area contributed by atoms with Crippen LogP contribution in [-0.2, 0) is 14.3 Å². The Morgan fingerprint density at radius 3 is 1.38 bits per heavy atom. The minimum Gasteiger partial charge on any atom is -0.263 e. The minimum absolute atomic E-state index is 0.390. The normalized spacial score (nSPS) is 33.1. The summed E-state index contributed by atoms with van der Waals surface area (Å²) in [6.45, 7) is 10.9. The van der Waals surface area contributed by atoms with Crippen LogP contribution < -0.4 is 0 Å². The zero-order chi connectivity index (χ0) is 10.7. The summed E-state index contributed by atoms with van der Waals surface area (Å²) >= 11 is 0. The van der Waals surface area contributed by atoms with Crippen LogP contribution in [0.2, 0.25) is 0 Å². The molecule has 0 amide bonds. The van der Waals surface area contributed by atoms with Crippen LogP contribution >= 0.6 is 0 Å². The Morgan fingerprint density at radius 2 is 1.31 bits per heavy atom. The van der Waals surface area contributed by atoms with Crippen molar-refractivity contribution in [2.75, 3.05) is 0 Å². The predicted octanol–water partition coefficient (Wildman–Crippen LogP) is 1.93. The van der Waals surface area contributed by atoms with Crippen LogP contribution in [0.25, 0.3) is 0 Å². The van der Waals surface area contributed by atoms with Crippen LogP contribution in [0.4, 0.5) is 0 Å². The van der Waals surface area contributed by atoms with Gasteiger partial charge in [0.25, 0.3) is 10.1 Å². The lowest BCUT2D eigenvalue weighted by molar-refractivity contribution is 0.0201. The molecule has 0 aliphatic carbocycles. The van der Waals surface area contributed by atoms with Gasteiger partial charge in [0.15, 0.2) is 0 Å². The molecule has 0 unspecified atom stereocenters. The van der Waals surface area contributed by atoms with Crippen molar-refractivity contribution < 1.29 is 12.6 Å². The van der Waals surface area contributed by atoms with Crippen molar-refractivity contribution >= 4 is 10.1 Å². The molecule has 0 aromatic rings. The van der Waals surface area contributed by atoms with Crippen molar-refractivity contribution in [3.05, 3.63) is 0 Å². The van der Waals surface area contributed by atoms with Gasteiger partial charge < -0.3 is 0 Å². The first-order valence-corrected chi connectivity index (χ1v) is 5.82. The Hall–Kier alpha value is -0.0900. The molecule has 1 aliphatic heterocycles. The van der Waals surface area contributed by atoms with E-state index in [4.69, 9.17) is 4.18 Å². The summed E-state index contributed by atoms with van der Waals surface area (Å²) in [5.74, 6) is 0. The van der Waals surface area contributed by atoms with Crippen LogP contribution in [-0.4, -0.2) is 18.8 Å². The van der Waals surface area contributed by atoms with E-state index >= 15 is 0 Å². The van der Waals surface area contributed by atoms with Crippen molar-refractivity contribution in [1.29, 1.82) is 0 Å². The van der Waals surface area contributed by atoms with E-state index in [1.54, 1.807) is 13.8 Å². The summed E-state index contributed by atoms with van der Waals surface area (Å²) in [6.07, 6.45) is 0. The van der Waals surface area contributed by atoms with Crippen LogP contribution in [0, 0.1) is 5.41 Å². The molecule has 1 rings (SSSR count). The lowest BCUT2D eigenvalue weighted by atomic mass is 9.69. The van der Waals surface area contributed by atoms with Gasteiger partial charge in [0.05, 0.1) is 10.3 Å². The Bertz CT molecular complexity index is 323. The molecule has 13 heavy (non-hydrogen) atoms. The smallest absolute Gasteiger partial charge is 0.263 e. The molecule has 0 spiro atoms. The highest BCUT2D eigenvalue weighted by Crippen LogP contribution is 2.54. The average molecular weight is 206 g/mol. The number of hydrogen-bond donors (Lipinski definition) is 0. The Morgan fingerprint density at radius 1 is 0.923 bits per heavy atom. The van der Waals surface area contributed by atoms with Crippen LogP contribution in [0.3, 0.4) is 0 Å². The van der Waals surface area contributed by atoms with Gasteiger partial charge in [-0.05, 0) is 27.7 Å². The van der Waals surface area contributed by atoms with Crippen molar-refractivity contribution in [2.24, 2.45) is 5.41 Å². The molecule has 0 bridgehead atoms. The molecule has 1 aliphatic rings. The topological polar surface area (TPSA) is 43.4 Å². The van der Waals surface area contributed by atoms with Gasteiger partial charge >= 0.3 is 0 Å². The molecule has 0 aromatic heterocycles. The molecule has 0 saturated carbocycles. The van der Waals surface area contributed by atoms with E-state index in [1.165, 1.54) is 0 Å². The average Bonchev–Trinajstić information content (AvgIpc) is 1.88. The van der Waals surface area contributed by atoms with Crippen molar-refractivity contribution in [3.8, 4) is 0 Å². The van der Waals surface area contributed by atoms with Gasteiger partial charge in [0.1, 0.15) is 0 Å². The highest BCUT2D eigenvalue weighted by molar-refractivity contribution is 7.88. The zero-order valence-electron chi connectivity index (χ0n) is 9.13. The van der Waals surface area contributed by atoms with Gasteiger partial charge in [-0.2, -0.15) is 8.42 Å². The van der Waals surface area contributed by atoms with Gasteiger partial charge in [0.2, 0.25) is 0 Å². The first-order chi connectivity index (χ1) is 5.46. The number of hydrogen-bond acceptors (Lipinski definition) is 3. The van der Waals surface area contributed by atoms with Crippen molar-refractivity contribution in [1.82, 2.24) is 0 Å². The molecule has 0 N–H and O–H groups in total. The molecule has 3 nitrogen and oxygen atoms in total. The standard InChI is InChI=1S/C9H18O3S/c1-7(2)8(3,4)12-13(10,11)9(7,5)6/h1-6H3. The third-order valence-electron chi connectivity index (χ3n) is 3.95. The molecule has 1 fully saturated rings. The van der Waals surface area contributed by atoms with Crippen LogP contribution in [0.15, 0.2) is 0 Å². The van der Waals surface area contributed by atoms with Gasteiger partial charge in [-0.25, -0.2) is 0 Å². The van der Waals surface area contributed by atoms with E-state index < -0.39 is 25.9 Å². The molecular weight excluding hydrogens is 188 g/mol. The monoisotopic (exact) mass is 206 g/mol. The SMILES string of the molecule is CC1(C)OS(=O)(=O)C(C)(C)C1(C)C. The highest BCUT2D eigenvalue weighted by atomic mass is 32.2. The highest BCUT2D eigenvalue weighted by Gasteiger charge is 2.64. The molecular formula is C9H18O3S. The Kier molecular flexibility index (Phi) is 1.93. The van der Waals surface area contributed by atoms with E-state index in [2.05, 4.69) is 0 Å². The fourth-order valence-corrected chi connectivity index (χ4v) is 3.36. The molecule has 1 heterocycles. The maximum absolute atomic E-state index is 11.7. The molecule has 0 radical (unpaired) electrons. The third kappa shape index (κ3) is 1.08. The summed E-state index contributed by atoms with van der Waals surface area (Å²) in [7, 11) is -3.44. The first-order valence-electron chi connectivity index (χ1n) is 4.41. The van der Waals surface area contributed by atoms with Gasteiger partial charge in [-0.15, -0.1) is 0 Å². The molecule has 4 heteroatoms. The summed E-state index contributed by atoms with van der Waals surface area (Å²) < 4.78 is 27.7. The van der Waals surface area contributed by atoms with Gasteiger partial charge in [0, 0.05) is 5.41 Å². The fourth-order valence-electron chi connectivity index (χ4n) is 1.52. The maximum Gasteiger partial charge on any atom is 0.273 e. The zero-order valence-corrected chi connectivity index (χ0v) is 9.95. The molecule has 1 saturated heterocycles. The molecule has 78 valence electrons. The third-order valence-corrected chi connectivity index (χ3v) is 6.35. The summed E-state index contributed by atoms with van der Waals surface area (Å²) in [5, 5.41) is 0. The van der Waals surface area contributed by atoms with E-state index in [1.807, 2.05) is 27.7 Å². The summed E-state index contributed by atoms with van der Waals surface area (Å²) in [4.78, 5) is 0. The quantitative estimate of drug-likeness (QED) is 0.569. The lowest BCUT2D eigenvalue weighted by Gasteiger charge is -2.38. The van der Waals surface area contributed by atoms with Crippen LogP contribution in [0.5, 0.6) is 0 Å². The van der Waals surface area contributed by atoms with Crippen molar-refractivity contribution in [2.45, 2.75) is 51.9 Å². The Labute approximate surface area is 80.6 Å². The Balaban J connectivity index is 3.42. The second kappa shape index (κ2) is 2.28. The van der Waals surface area contributed by atoms with Gasteiger partial charge in [-0.3, -0.25) is 4.18 Å². The maximum atomic E-state index is 11.7. The second-order valence-electron chi connectivity index (χ2n) is 5.18.